The first-order valence-electron chi connectivity index (χ1n) is 6.78. The van der Waals surface area contributed by atoms with E-state index < -0.39 is 0 Å². The molecule has 0 spiro atoms. The van der Waals surface area contributed by atoms with Gasteiger partial charge in [0.25, 0.3) is 0 Å². The zero-order valence-electron chi connectivity index (χ0n) is 12.4. The summed E-state index contributed by atoms with van der Waals surface area (Å²) in [6.07, 6.45) is 3.14. The van der Waals surface area contributed by atoms with Crippen molar-refractivity contribution in [1.82, 2.24) is 15.1 Å². The number of likely N-dealkylation sites (N-methyl/N-ethyl adjacent to an activating group) is 1. The van der Waals surface area contributed by atoms with Gasteiger partial charge in [-0.2, -0.15) is 5.10 Å². The summed E-state index contributed by atoms with van der Waals surface area (Å²) >= 11 is 0. The van der Waals surface area contributed by atoms with Gasteiger partial charge in [-0.1, -0.05) is 13.8 Å². The number of aryl methyl sites for hydroxylation is 2. The predicted molar refractivity (Wildman–Crippen MR) is 74.8 cm³/mol. The minimum absolute atomic E-state index is 0.482. The van der Waals surface area contributed by atoms with Crippen molar-refractivity contribution in [3.8, 4) is 0 Å². The molecule has 1 N–H and O–H groups in total. The molecular weight excluding hydrogens is 226 g/mol. The van der Waals surface area contributed by atoms with Crippen molar-refractivity contribution in [2.75, 3.05) is 20.8 Å². The standard InChI is InChI=1S/C14H27N3O/c1-6-12-8-14(17(4)16-12)9-13(15-3)7-11(2)10-18-5/h8,11,13,15H,6-7,9-10H2,1-5H3. The zero-order chi connectivity index (χ0) is 13.5. The van der Waals surface area contributed by atoms with Gasteiger partial charge in [0.15, 0.2) is 0 Å². The first kappa shape index (κ1) is 15.2. The molecule has 104 valence electrons. The number of hydrogen-bond donors (Lipinski definition) is 1. The molecule has 2 unspecified atom stereocenters. The maximum atomic E-state index is 5.20. The third-order valence-electron chi connectivity index (χ3n) is 3.39. The fourth-order valence-electron chi connectivity index (χ4n) is 2.33. The van der Waals surface area contributed by atoms with Crippen LogP contribution in [-0.2, 0) is 24.6 Å². The van der Waals surface area contributed by atoms with Crippen molar-refractivity contribution in [2.45, 2.75) is 39.2 Å². The second kappa shape index (κ2) is 7.54. The van der Waals surface area contributed by atoms with Crippen LogP contribution in [0.5, 0.6) is 0 Å². The van der Waals surface area contributed by atoms with Crippen LogP contribution in [0, 0.1) is 5.92 Å². The minimum atomic E-state index is 0.482. The average molecular weight is 253 g/mol. The second-order valence-electron chi connectivity index (χ2n) is 5.09. The van der Waals surface area contributed by atoms with Crippen molar-refractivity contribution in [2.24, 2.45) is 13.0 Å². The Morgan fingerprint density at radius 3 is 2.72 bits per heavy atom. The molecule has 0 saturated carbocycles. The summed E-state index contributed by atoms with van der Waals surface area (Å²) in [5.41, 5.74) is 2.48. The number of nitrogens with one attached hydrogen (secondary N) is 1. The molecule has 4 heteroatoms. The summed E-state index contributed by atoms with van der Waals surface area (Å²) in [5.74, 6) is 0.575. The molecule has 1 rings (SSSR count). The van der Waals surface area contributed by atoms with E-state index in [1.807, 2.05) is 18.8 Å². The van der Waals surface area contributed by atoms with Crippen molar-refractivity contribution >= 4 is 0 Å². The largest absolute Gasteiger partial charge is 0.384 e. The molecule has 0 radical (unpaired) electrons. The number of nitrogens with zero attached hydrogens (tertiary/aromatic N) is 2. The molecule has 0 fully saturated rings. The maximum Gasteiger partial charge on any atom is 0.0624 e. The summed E-state index contributed by atoms with van der Waals surface area (Å²) < 4.78 is 7.20. The van der Waals surface area contributed by atoms with Crippen LogP contribution in [0.1, 0.15) is 31.7 Å². The molecular formula is C14H27N3O. The SMILES string of the molecule is CCc1cc(CC(CC(C)COC)NC)n(C)n1. The Hall–Kier alpha value is -0.870. The van der Waals surface area contributed by atoms with Gasteiger partial charge in [0.2, 0.25) is 0 Å². The lowest BCUT2D eigenvalue weighted by Gasteiger charge is -2.20. The summed E-state index contributed by atoms with van der Waals surface area (Å²) in [7, 11) is 5.82. The number of aromatic nitrogens is 2. The average Bonchev–Trinajstić information content (AvgIpc) is 2.69. The van der Waals surface area contributed by atoms with E-state index in [0.717, 1.165) is 25.9 Å². The summed E-state index contributed by atoms with van der Waals surface area (Å²) in [4.78, 5) is 0. The molecule has 0 amide bonds. The van der Waals surface area contributed by atoms with Crippen LogP contribution in [0.2, 0.25) is 0 Å². The minimum Gasteiger partial charge on any atom is -0.384 e. The van der Waals surface area contributed by atoms with Gasteiger partial charge in [0.1, 0.15) is 0 Å². The van der Waals surface area contributed by atoms with Crippen LogP contribution in [0.15, 0.2) is 6.07 Å². The molecule has 18 heavy (non-hydrogen) atoms. The normalized spacial score (nSPS) is 14.7. The van der Waals surface area contributed by atoms with Gasteiger partial charge in [0, 0.05) is 38.9 Å². The number of ether oxygens (including phenoxy) is 1. The van der Waals surface area contributed by atoms with Crippen LogP contribution in [0.25, 0.3) is 0 Å². The smallest absolute Gasteiger partial charge is 0.0624 e. The molecule has 2 atom stereocenters. The first-order chi connectivity index (χ1) is 8.60. The fraction of sp³-hybridized carbons (Fsp3) is 0.786. The molecule has 0 saturated heterocycles. The van der Waals surface area contributed by atoms with E-state index in [4.69, 9.17) is 4.74 Å². The number of methoxy groups -OCH3 is 1. The molecule has 1 heterocycles. The van der Waals surface area contributed by atoms with Gasteiger partial charge in [0.05, 0.1) is 5.69 Å². The van der Waals surface area contributed by atoms with Crippen LogP contribution >= 0.6 is 0 Å². The Morgan fingerprint density at radius 2 is 2.22 bits per heavy atom. The molecule has 0 aromatic carbocycles. The van der Waals surface area contributed by atoms with E-state index in [2.05, 4.69) is 30.3 Å². The molecule has 1 aromatic heterocycles. The molecule has 0 aliphatic carbocycles. The van der Waals surface area contributed by atoms with E-state index in [1.165, 1.54) is 11.4 Å². The van der Waals surface area contributed by atoms with Crippen molar-refractivity contribution in [3.05, 3.63) is 17.5 Å². The lowest BCUT2D eigenvalue weighted by atomic mass is 9.99. The summed E-state index contributed by atoms with van der Waals surface area (Å²) in [6.45, 7) is 5.20. The van der Waals surface area contributed by atoms with Crippen LogP contribution < -0.4 is 5.32 Å². The van der Waals surface area contributed by atoms with Crippen molar-refractivity contribution in [3.63, 3.8) is 0 Å². The van der Waals surface area contributed by atoms with Gasteiger partial charge in [-0.3, -0.25) is 4.68 Å². The van der Waals surface area contributed by atoms with Gasteiger partial charge in [-0.05, 0) is 31.9 Å². The molecule has 1 aromatic rings. The highest BCUT2D eigenvalue weighted by Gasteiger charge is 2.14. The predicted octanol–water partition coefficient (Wildman–Crippen LogP) is 1.79. The Labute approximate surface area is 111 Å². The van der Waals surface area contributed by atoms with Crippen LogP contribution in [0.3, 0.4) is 0 Å². The Morgan fingerprint density at radius 1 is 1.50 bits per heavy atom. The Balaban J connectivity index is 2.58. The van der Waals surface area contributed by atoms with Gasteiger partial charge in [-0.25, -0.2) is 0 Å². The monoisotopic (exact) mass is 253 g/mol. The van der Waals surface area contributed by atoms with Crippen molar-refractivity contribution in [1.29, 1.82) is 0 Å². The summed E-state index contributed by atoms with van der Waals surface area (Å²) in [6, 6.07) is 2.70. The first-order valence-corrected chi connectivity index (χ1v) is 6.78. The number of hydrogen-bond acceptors (Lipinski definition) is 3. The van der Waals surface area contributed by atoms with Gasteiger partial charge >= 0.3 is 0 Å². The van der Waals surface area contributed by atoms with Gasteiger partial charge in [-0.15, -0.1) is 0 Å². The third-order valence-corrected chi connectivity index (χ3v) is 3.39. The molecule has 0 aliphatic heterocycles. The van der Waals surface area contributed by atoms with E-state index in [9.17, 15) is 0 Å². The van der Waals surface area contributed by atoms with E-state index >= 15 is 0 Å². The topological polar surface area (TPSA) is 39.1 Å². The molecule has 0 aliphatic rings. The quantitative estimate of drug-likeness (QED) is 0.767. The lowest BCUT2D eigenvalue weighted by Crippen LogP contribution is -2.31. The zero-order valence-corrected chi connectivity index (χ0v) is 12.4. The maximum absolute atomic E-state index is 5.20. The van der Waals surface area contributed by atoms with Gasteiger partial charge < -0.3 is 10.1 Å². The van der Waals surface area contributed by atoms with E-state index in [1.54, 1.807) is 7.11 Å². The second-order valence-corrected chi connectivity index (χ2v) is 5.09. The highest BCUT2D eigenvalue weighted by Crippen LogP contribution is 2.13. The van der Waals surface area contributed by atoms with Crippen LogP contribution in [0.4, 0.5) is 0 Å². The fourth-order valence-corrected chi connectivity index (χ4v) is 2.33. The highest BCUT2D eigenvalue weighted by molar-refractivity contribution is 5.11. The molecule has 4 nitrogen and oxygen atoms in total. The number of rotatable bonds is 8. The van der Waals surface area contributed by atoms with Crippen LogP contribution in [-0.4, -0.2) is 36.6 Å². The van der Waals surface area contributed by atoms with E-state index in [-0.39, 0.29) is 0 Å². The highest BCUT2D eigenvalue weighted by atomic mass is 16.5. The Bertz CT molecular complexity index is 349. The van der Waals surface area contributed by atoms with Crippen molar-refractivity contribution < 1.29 is 4.74 Å². The third kappa shape index (κ3) is 4.42. The Kier molecular flexibility index (Phi) is 6.36. The summed E-state index contributed by atoms with van der Waals surface area (Å²) in [5, 5.41) is 7.89. The lowest BCUT2D eigenvalue weighted by molar-refractivity contribution is 0.149. The molecule has 0 bridgehead atoms. The van der Waals surface area contributed by atoms with E-state index in [0.29, 0.717) is 12.0 Å².